The molecular weight excluding hydrogens is 376 g/mol. The number of amides is 4. The highest BCUT2D eigenvalue weighted by atomic mass is 35.5. The molecular formula is C17H15ClN4O3S. The maximum absolute atomic E-state index is 12.7. The van der Waals surface area contributed by atoms with Gasteiger partial charge in [0.05, 0.1) is 0 Å². The van der Waals surface area contributed by atoms with E-state index in [2.05, 4.69) is 15.6 Å². The lowest BCUT2D eigenvalue weighted by Gasteiger charge is -2.36. The van der Waals surface area contributed by atoms with Crippen molar-refractivity contribution < 1.29 is 14.4 Å². The van der Waals surface area contributed by atoms with Gasteiger partial charge >= 0.3 is 6.03 Å². The normalized spacial score (nSPS) is 18.7. The molecule has 4 amide bonds. The average molecular weight is 391 g/mol. The molecule has 0 bridgehead atoms. The van der Waals surface area contributed by atoms with Crippen molar-refractivity contribution in [1.82, 2.24) is 20.5 Å². The summed E-state index contributed by atoms with van der Waals surface area (Å²) in [5.41, 5.74) is 0.405. The molecule has 2 N–H and O–H groups in total. The van der Waals surface area contributed by atoms with E-state index < -0.39 is 11.6 Å². The molecule has 2 aliphatic rings. The van der Waals surface area contributed by atoms with Crippen LogP contribution in [0, 0.1) is 0 Å². The van der Waals surface area contributed by atoms with Crippen LogP contribution in [0.5, 0.6) is 0 Å². The van der Waals surface area contributed by atoms with E-state index in [0.29, 0.717) is 36.6 Å². The van der Waals surface area contributed by atoms with Gasteiger partial charge in [0.2, 0.25) is 0 Å². The highest BCUT2D eigenvalue weighted by molar-refractivity contribution is 7.13. The monoisotopic (exact) mass is 390 g/mol. The first-order valence-electron chi connectivity index (χ1n) is 8.11. The van der Waals surface area contributed by atoms with E-state index in [1.807, 2.05) is 12.1 Å². The topological polar surface area (TPSA) is 91.4 Å². The molecule has 1 spiro atoms. The summed E-state index contributed by atoms with van der Waals surface area (Å²) in [5, 5.41) is 8.09. The third kappa shape index (κ3) is 2.95. The number of benzene rings is 1. The number of nitrogens with one attached hydrogen (secondary N) is 2. The Morgan fingerprint density at radius 1 is 1.19 bits per heavy atom. The van der Waals surface area contributed by atoms with E-state index in [-0.39, 0.29) is 11.8 Å². The number of carbonyl (C=O) groups excluding carboxylic acids is 3. The molecule has 4 rings (SSSR count). The van der Waals surface area contributed by atoms with Crippen LogP contribution >= 0.6 is 22.9 Å². The highest BCUT2D eigenvalue weighted by Gasteiger charge is 2.48. The lowest BCUT2D eigenvalue weighted by molar-refractivity contribution is -0.125. The molecule has 2 fully saturated rings. The quantitative estimate of drug-likeness (QED) is 0.769. The Morgan fingerprint density at radius 2 is 1.88 bits per heavy atom. The molecule has 2 saturated heterocycles. The zero-order valence-corrected chi connectivity index (χ0v) is 15.2. The van der Waals surface area contributed by atoms with E-state index in [1.54, 1.807) is 22.4 Å². The summed E-state index contributed by atoms with van der Waals surface area (Å²) in [5.74, 6) is -0.477. The van der Waals surface area contributed by atoms with Crippen LogP contribution in [-0.4, -0.2) is 46.4 Å². The number of rotatable bonds is 2. The van der Waals surface area contributed by atoms with E-state index in [1.165, 1.54) is 11.3 Å². The number of hydrogen-bond acceptors (Lipinski definition) is 5. The maximum Gasteiger partial charge on any atom is 0.322 e. The Balaban J connectivity index is 1.45. The largest absolute Gasteiger partial charge is 0.337 e. The first-order chi connectivity index (χ1) is 12.5. The lowest BCUT2D eigenvalue weighted by Crippen LogP contribution is -2.55. The van der Waals surface area contributed by atoms with E-state index in [4.69, 9.17) is 11.6 Å². The number of urea groups is 1. The minimum absolute atomic E-state index is 0.166. The standard InChI is InChI=1S/C17H15ClN4O3S/c18-11-3-1-10(2-4-11)13-19-12(9-26-13)14(23)22-7-5-17(6-8-22)15(24)20-16(25)21-17/h1-4,9H,5-8H2,(H2,20,21,24,25). The molecule has 3 heterocycles. The third-order valence-electron chi connectivity index (χ3n) is 4.73. The Labute approximate surface area is 158 Å². The van der Waals surface area contributed by atoms with E-state index >= 15 is 0 Å². The van der Waals surface area contributed by atoms with Crippen LogP contribution in [0.4, 0.5) is 4.79 Å². The molecule has 26 heavy (non-hydrogen) atoms. The fraction of sp³-hybridized carbons (Fsp3) is 0.294. The van der Waals surface area contributed by atoms with Crippen LogP contribution in [0.15, 0.2) is 29.6 Å². The van der Waals surface area contributed by atoms with Gasteiger partial charge in [0, 0.05) is 29.1 Å². The molecule has 134 valence electrons. The highest BCUT2D eigenvalue weighted by Crippen LogP contribution is 2.28. The van der Waals surface area contributed by atoms with Crippen molar-refractivity contribution in [2.75, 3.05) is 13.1 Å². The molecule has 1 aromatic heterocycles. The molecule has 0 saturated carbocycles. The number of hydrogen-bond donors (Lipinski definition) is 2. The van der Waals surface area contributed by atoms with E-state index in [9.17, 15) is 14.4 Å². The number of piperidine rings is 1. The second kappa shape index (κ2) is 6.37. The smallest absolute Gasteiger partial charge is 0.322 e. The summed E-state index contributed by atoms with van der Waals surface area (Å²) in [4.78, 5) is 42.2. The van der Waals surface area contributed by atoms with Gasteiger partial charge in [-0.1, -0.05) is 23.7 Å². The summed E-state index contributed by atoms with van der Waals surface area (Å²) < 4.78 is 0. The van der Waals surface area contributed by atoms with Crippen molar-refractivity contribution in [3.8, 4) is 10.6 Å². The number of thiazole rings is 1. The summed E-state index contributed by atoms with van der Waals surface area (Å²) >= 11 is 7.29. The molecule has 2 aromatic rings. The van der Waals surface area contributed by atoms with Crippen molar-refractivity contribution in [2.45, 2.75) is 18.4 Å². The van der Waals surface area contributed by atoms with Gasteiger partial charge in [-0.2, -0.15) is 0 Å². The summed E-state index contributed by atoms with van der Waals surface area (Å²) in [6, 6.07) is 6.82. The second-order valence-electron chi connectivity index (χ2n) is 6.33. The Hall–Kier alpha value is -2.45. The van der Waals surface area contributed by atoms with Crippen LogP contribution in [0.2, 0.25) is 5.02 Å². The number of likely N-dealkylation sites (tertiary alicyclic amines) is 1. The van der Waals surface area contributed by atoms with Gasteiger partial charge in [0.15, 0.2) is 0 Å². The van der Waals surface area contributed by atoms with Crippen molar-refractivity contribution in [3.05, 3.63) is 40.4 Å². The van der Waals surface area contributed by atoms with Crippen molar-refractivity contribution in [2.24, 2.45) is 0 Å². The Kier molecular flexibility index (Phi) is 4.16. The van der Waals surface area contributed by atoms with Crippen molar-refractivity contribution in [1.29, 1.82) is 0 Å². The maximum atomic E-state index is 12.7. The number of carbonyl (C=O) groups is 3. The number of halogens is 1. The lowest BCUT2D eigenvalue weighted by atomic mass is 9.87. The number of nitrogens with zero attached hydrogens (tertiary/aromatic N) is 2. The van der Waals surface area contributed by atoms with Crippen LogP contribution in [0.1, 0.15) is 23.3 Å². The summed E-state index contributed by atoms with van der Waals surface area (Å²) in [6.45, 7) is 0.778. The van der Waals surface area contributed by atoms with Gasteiger partial charge in [0.1, 0.15) is 16.2 Å². The molecule has 2 aliphatic heterocycles. The molecule has 0 aliphatic carbocycles. The van der Waals surface area contributed by atoms with Crippen LogP contribution < -0.4 is 10.6 Å². The summed E-state index contributed by atoms with van der Waals surface area (Å²) in [7, 11) is 0. The van der Waals surface area contributed by atoms with Gasteiger partial charge < -0.3 is 10.2 Å². The zero-order chi connectivity index (χ0) is 18.3. The van der Waals surface area contributed by atoms with E-state index in [0.717, 1.165) is 10.6 Å². The third-order valence-corrected chi connectivity index (χ3v) is 5.88. The number of aromatic nitrogens is 1. The van der Waals surface area contributed by atoms with Gasteiger partial charge in [-0.25, -0.2) is 9.78 Å². The Bertz CT molecular complexity index is 888. The molecule has 9 heteroatoms. The molecule has 7 nitrogen and oxygen atoms in total. The predicted molar refractivity (Wildman–Crippen MR) is 97.1 cm³/mol. The van der Waals surface area contributed by atoms with Crippen LogP contribution in [0.3, 0.4) is 0 Å². The predicted octanol–water partition coefficient (Wildman–Crippen LogP) is 2.28. The van der Waals surface area contributed by atoms with Gasteiger partial charge in [-0.15, -0.1) is 11.3 Å². The molecule has 0 unspecified atom stereocenters. The fourth-order valence-corrected chi connectivity index (χ4v) is 4.16. The van der Waals surface area contributed by atoms with Gasteiger partial charge in [-0.05, 0) is 25.0 Å². The van der Waals surface area contributed by atoms with Crippen molar-refractivity contribution in [3.63, 3.8) is 0 Å². The first kappa shape index (κ1) is 17.0. The second-order valence-corrected chi connectivity index (χ2v) is 7.62. The average Bonchev–Trinajstić information content (AvgIpc) is 3.21. The molecule has 0 radical (unpaired) electrons. The molecule has 0 atom stereocenters. The minimum atomic E-state index is -0.885. The van der Waals surface area contributed by atoms with Crippen LogP contribution in [-0.2, 0) is 4.79 Å². The SMILES string of the molecule is O=C1NC(=O)C2(CCN(C(=O)c3csc(-c4ccc(Cl)cc4)n3)CC2)N1. The van der Waals surface area contributed by atoms with Gasteiger partial charge in [-0.3, -0.25) is 14.9 Å². The van der Waals surface area contributed by atoms with Crippen molar-refractivity contribution >= 4 is 40.8 Å². The van der Waals surface area contributed by atoms with Gasteiger partial charge in [0.25, 0.3) is 11.8 Å². The zero-order valence-electron chi connectivity index (χ0n) is 13.6. The molecule has 1 aromatic carbocycles. The minimum Gasteiger partial charge on any atom is -0.337 e. The Morgan fingerprint density at radius 3 is 2.50 bits per heavy atom. The number of imide groups is 1. The first-order valence-corrected chi connectivity index (χ1v) is 9.37. The van der Waals surface area contributed by atoms with Crippen LogP contribution in [0.25, 0.3) is 10.6 Å². The fourth-order valence-electron chi connectivity index (χ4n) is 3.23. The summed E-state index contributed by atoms with van der Waals surface area (Å²) in [6.07, 6.45) is 0.787.